The van der Waals surface area contributed by atoms with Gasteiger partial charge in [0.15, 0.2) is 0 Å². The SMILES string of the molecule is CCCOc1ccc(CNC(=O)CN2CCC(N)C(C)(C)C2)cc1.Cl. The molecule has 0 spiro atoms. The number of carbonyl (C=O) groups is 1. The molecule has 3 N–H and O–H groups in total. The number of nitrogens with one attached hydrogen (secondary N) is 1. The molecule has 1 aromatic rings. The molecule has 5 nitrogen and oxygen atoms in total. The van der Waals surface area contributed by atoms with Crippen molar-refractivity contribution in [2.75, 3.05) is 26.2 Å². The third kappa shape index (κ3) is 6.84. The summed E-state index contributed by atoms with van der Waals surface area (Å²) in [6.07, 6.45) is 1.94. The molecule has 1 atom stereocenters. The van der Waals surface area contributed by atoms with Gasteiger partial charge < -0.3 is 15.8 Å². The summed E-state index contributed by atoms with van der Waals surface area (Å²) >= 11 is 0. The van der Waals surface area contributed by atoms with E-state index in [-0.39, 0.29) is 29.8 Å². The number of nitrogens with two attached hydrogens (primary N) is 1. The molecule has 1 aromatic carbocycles. The van der Waals surface area contributed by atoms with Gasteiger partial charge in [-0.25, -0.2) is 0 Å². The lowest BCUT2D eigenvalue weighted by atomic mass is 9.80. The number of amides is 1. The second kappa shape index (κ2) is 10.00. The monoisotopic (exact) mass is 369 g/mol. The zero-order chi connectivity index (χ0) is 17.6. The highest BCUT2D eigenvalue weighted by Crippen LogP contribution is 2.27. The normalized spacial score (nSPS) is 19.8. The number of halogens is 1. The summed E-state index contributed by atoms with van der Waals surface area (Å²) in [5.74, 6) is 0.936. The van der Waals surface area contributed by atoms with Gasteiger partial charge in [0.2, 0.25) is 5.91 Å². The molecule has 1 saturated heterocycles. The van der Waals surface area contributed by atoms with E-state index in [2.05, 4.69) is 31.0 Å². The van der Waals surface area contributed by atoms with Crippen LogP contribution in [0.15, 0.2) is 24.3 Å². The lowest BCUT2D eigenvalue weighted by molar-refractivity contribution is -0.123. The van der Waals surface area contributed by atoms with E-state index in [1.807, 2.05) is 24.3 Å². The Morgan fingerprint density at radius 2 is 2.04 bits per heavy atom. The van der Waals surface area contributed by atoms with Crippen LogP contribution >= 0.6 is 12.4 Å². The smallest absolute Gasteiger partial charge is 0.234 e. The van der Waals surface area contributed by atoms with Crippen LogP contribution < -0.4 is 15.8 Å². The van der Waals surface area contributed by atoms with E-state index in [1.54, 1.807) is 0 Å². The molecule has 1 heterocycles. The molecule has 2 rings (SSSR count). The lowest BCUT2D eigenvalue weighted by Crippen LogP contribution is -2.54. The molecule has 0 aromatic heterocycles. The Hall–Kier alpha value is -1.30. The maximum atomic E-state index is 12.2. The van der Waals surface area contributed by atoms with Gasteiger partial charge in [0.25, 0.3) is 0 Å². The Labute approximate surface area is 157 Å². The maximum absolute atomic E-state index is 12.2. The number of carbonyl (C=O) groups excluding carboxylic acids is 1. The van der Waals surface area contributed by atoms with Crippen molar-refractivity contribution < 1.29 is 9.53 Å². The molecular formula is C19H32ClN3O2. The number of hydrogen-bond acceptors (Lipinski definition) is 4. The zero-order valence-electron chi connectivity index (χ0n) is 15.6. The van der Waals surface area contributed by atoms with Crippen LogP contribution in [0.5, 0.6) is 5.75 Å². The van der Waals surface area contributed by atoms with E-state index < -0.39 is 0 Å². The van der Waals surface area contributed by atoms with Crippen molar-refractivity contribution in [1.82, 2.24) is 10.2 Å². The van der Waals surface area contributed by atoms with Crippen LogP contribution in [-0.4, -0.2) is 43.1 Å². The highest BCUT2D eigenvalue weighted by Gasteiger charge is 2.33. The molecule has 0 radical (unpaired) electrons. The topological polar surface area (TPSA) is 67.6 Å². The van der Waals surface area contributed by atoms with E-state index in [9.17, 15) is 4.79 Å². The summed E-state index contributed by atoms with van der Waals surface area (Å²) < 4.78 is 5.56. The van der Waals surface area contributed by atoms with Gasteiger partial charge in [-0.3, -0.25) is 9.69 Å². The number of likely N-dealkylation sites (tertiary alicyclic amines) is 1. The van der Waals surface area contributed by atoms with Crippen LogP contribution in [0.1, 0.15) is 39.2 Å². The highest BCUT2D eigenvalue weighted by atomic mass is 35.5. The van der Waals surface area contributed by atoms with Crippen LogP contribution in [-0.2, 0) is 11.3 Å². The van der Waals surface area contributed by atoms with E-state index in [1.165, 1.54) is 0 Å². The summed E-state index contributed by atoms with van der Waals surface area (Å²) in [6, 6.07) is 8.10. The van der Waals surface area contributed by atoms with Crippen molar-refractivity contribution in [3.8, 4) is 5.75 Å². The van der Waals surface area contributed by atoms with Gasteiger partial charge in [0, 0.05) is 25.7 Å². The number of piperidine rings is 1. The quantitative estimate of drug-likeness (QED) is 0.775. The van der Waals surface area contributed by atoms with Crippen LogP contribution in [0.3, 0.4) is 0 Å². The molecule has 0 bridgehead atoms. The predicted octanol–water partition coefficient (Wildman–Crippen LogP) is 2.57. The van der Waals surface area contributed by atoms with E-state index in [4.69, 9.17) is 10.5 Å². The van der Waals surface area contributed by atoms with Crippen LogP contribution in [0.25, 0.3) is 0 Å². The Balaban J connectivity index is 0.00000312. The summed E-state index contributed by atoms with van der Waals surface area (Å²) in [4.78, 5) is 14.4. The molecule has 0 saturated carbocycles. The van der Waals surface area contributed by atoms with Crippen molar-refractivity contribution in [1.29, 1.82) is 0 Å². The lowest BCUT2D eigenvalue weighted by Gasteiger charge is -2.42. The minimum Gasteiger partial charge on any atom is -0.494 e. The minimum atomic E-state index is 0. The Kier molecular flexibility index (Phi) is 8.69. The molecule has 6 heteroatoms. The van der Waals surface area contributed by atoms with Gasteiger partial charge in [-0.05, 0) is 36.0 Å². The van der Waals surface area contributed by atoms with Gasteiger partial charge in [-0.1, -0.05) is 32.9 Å². The van der Waals surface area contributed by atoms with Gasteiger partial charge in [-0.2, -0.15) is 0 Å². The molecule has 142 valence electrons. The largest absolute Gasteiger partial charge is 0.494 e. The molecule has 1 aliphatic rings. The van der Waals surface area contributed by atoms with Gasteiger partial charge >= 0.3 is 0 Å². The molecule has 0 aliphatic carbocycles. The first kappa shape index (κ1) is 21.7. The molecule has 1 amide bonds. The first-order chi connectivity index (χ1) is 11.4. The van der Waals surface area contributed by atoms with Crippen LogP contribution in [0, 0.1) is 5.41 Å². The Morgan fingerprint density at radius 3 is 2.64 bits per heavy atom. The second-order valence-electron chi connectivity index (χ2n) is 7.36. The number of ether oxygens (including phenoxy) is 1. The molecule has 25 heavy (non-hydrogen) atoms. The minimum absolute atomic E-state index is 0. The molecule has 1 fully saturated rings. The summed E-state index contributed by atoms with van der Waals surface area (Å²) in [5.41, 5.74) is 7.28. The number of nitrogens with zero attached hydrogens (tertiary/aromatic N) is 1. The molecule has 1 aliphatic heterocycles. The van der Waals surface area contributed by atoms with Gasteiger partial charge in [0.05, 0.1) is 13.2 Å². The van der Waals surface area contributed by atoms with Crippen molar-refractivity contribution in [3.05, 3.63) is 29.8 Å². The standard InChI is InChI=1S/C19H31N3O2.ClH/c1-4-11-24-16-7-5-15(6-8-16)12-21-18(23)13-22-10-9-17(20)19(2,3)14-22;/h5-8,17H,4,9-14,20H2,1-3H3,(H,21,23);1H. The highest BCUT2D eigenvalue weighted by molar-refractivity contribution is 5.85. The summed E-state index contributed by atoms with van der Waals surface area (Å²) in [6.45, 7) is 9.89. The average Bonchev–Trinajstić information content (AvgIpc) is 2.55. The predicted molar refractivity (Wildman–Crippen MR) is 104 cm³/mol. The Morgan fingerprint density at radius 1 is 1.36 bits per heavy atom. The fourth-order valence-electron chi connectivity index (χ4n) is 3.00. The third-order valence-corrected chi connectivity index (χ3v) is 4.64. The zero-order valence-corrected chi connectivity index (χ0v) is 16.4. The van der Waals surface area contributed by atoms with Crippen LogP contribution in [0.4, 0.5) is 0 Å². The van der Waals surface area contributed by atoms with Crippen molar-refractivity contribution >= 4 is 18.3 Å². The number of rotatable bonds is 7. The van der Waals surface area contributed by atoms with Gasteiger partial charge in [0.1, 0.15) is 5.75 Å². The van der Waals surface area contributed by atoms with E-state index in [0.29, 0.717) is 13.1 Å². The van der Waals surface area contributed by atoms with E-state index >= 15 is 0 Å². The Bertz CT molecular complexity index is 534. The van der Waals surface area contributed by atoms with Crippen molar-refractivity contribution in [2.24, 2.45) is 11.1 Å². The number of hydrogen-bond donors (Lipinski definition) is 2. The first-order valence-corrected chi connectivity index (χ1v) is 8.87. The van der Waals surface area contributed by atoms with Gasteiger partial charge in [-0.15, -0.1) is 12.4 Å². The second-order valence-corrected chi connectivity index (χ2v) is 7.36. The molecule has 1 unspecified atom stereocenters. The van der Waals surface area contributed by atoms with Crippen LogP contribution in [0.2, 0.25) is 0 Å². The maximum Gasteiger partial charge on any atom is 0.234 e. The number of benzene rings is 1. The van der Waals surface area contributed by atoms with Crippen molar-refractivity contribution in [3.63, 3.8) is 0 Å². The average molecular weight is 370 g/mol. The van der Waals surface area contributed by atoms with E-state index in [0.717, 1.165) is 43.9 Å². The summed E-state index contributed by atoms with van der Waals surface area (Å²) in [7, 11) is 0. The third-order valence-electron chi connectivity index (χ3n) is 4.64. The van der Waals surface area contributed by atoms with Crippen molar-refractivity contribution in [2.45, 2.75) is 46.2 Å². The first-order valence-electron chi connectivity index (χ1n) is 8.87. The fourth-order valence-corrected chi connectivity index (χ4v) is 3.00. The fraction of sp³-hybridized carbons (Fsp3) is 0.632. The molecular weight excluding hydrogens is 338 g/mol. The summed E-state index contributed by atoms with van der Waals surface area (Å²) in [5, 5.41) is 2.99.